The van der Waals surface area contributed by atoms with Crippen LogP contribution in [0.2, 0.25) is 0 Å². The third-order valence-corrected chi connectivity index (χ3v) is 11.7. The van der Waals surface area contributed by atoms with E-state index in [9.17, 15) is 9.59 Å². The van der Waals surface area contributed by atoms with E-state index in [-0.39, 0.29) is 11.8 Å². The van der Waals surface area contributed by atoms with Gasteiger partial charge in [-0.3, -0.25) is 29.6 Å². The van der Waals surface area contributed by atoms with E-state index >= 15 is 0 Å². The van der Waals surface area contributed by atoms with Gasteiger partial charge < -0.3 is 14.2 Å². The number of rotatable bonds is 22. The predicted octanol–water partition coefficient (Wildman–Crippen LogP) is 8.68. The van der Waals surface area contributed by atoms with Crippen molar-refractivity contribution in [1.82, 2.24) is 30.2 Å². The number of aromatic nitrogens is 4. The number of carbonyl (C=O) groups is 2. The molecule has 8 rings (SSSR count). The van der Waals surface area contributed by atoms with Crippen molar-refractivity contribution in [2.24, 2.45) is 11.8 Å². The number of unbranched alkanes of at least 4 members (excludes halogenated alkanes) is 4. The van der Waals surface area contributed by atoms with E-state index in [1.165, 1.54) is 11.1 Å². The minimum Gasteiger partial charge on any atom is -0.493 e. The minimum atomic E-state index is -0.429. The van der Waals surface area contributed by atoms with Crippen molar-refractivity contribution in [3.8, 4) is 33.9 Å². The zero-order valence-corrected chi connectivity index (χ0v) is 34.8. The smallest absolute Gasteiger partial charge is 0.319 e. The van der Waals surface area contributed by atoms with Crippen molar-refractivity contribution < 1.29 is 23.8 Å². The maximum absolute atomic E-state index is 13.0. The SMILES string of the molecule is O=C(OC(=O)C1CN(Cc2ccc(OCCCCCc3ccccc3)c(-c3ccn[nH]3)c2)C1)C1CN(Cc2ccc(OCCCCCc3ccccc3)c(-c3cn[nH]c3)c2)C1. The average Bonchev–Trinajstić information content (AvgIpc) is 4.00. The quantitative estimate of drug-likeness (QED) is 0.0393. The summed E-state index contributed by atoms with van der Waals surface area (Å²) in [5.41, 5.74) is 8.81. The van der Waals surface area contributed by atoms with Gasteiger partial charge in [-0.25, -0.2) is 0 Å². The molecule has 0 spiro atoms. The molecule has 4 aromatic carbocycles. The summed E-state index contributed by atoms with van der Waals surface area (Å²) in [6.45, 7) is 4.88. The maximum atomic E-state index is 13.0. The first-order valence-corrected chi connectivity index (χ1v) is 21.8. The summed E-state index contributed by atoms with van der Waals surface area (Å²) in [5.74, 6) is 0.183. The van der Waals surface area contributed by atoms with Crippen LogP contribution in [0.4, 0.5) is 0 Å². The lowest BCUT2D eigenvalue weighted by Crippen LogP contribution is -2.53. The van der Waals surface area contributed by atoms with Crippen molar-refractivity contribution in [2.45, 2.75) is 64.5 Å². The van der Waals surface area contributed by atoms with Gasteiger partial charge in [0.05, 0.1) is 36.9 Å². The standard InChI is InChI=1S/C50H56N6O5/c57-49(42-33-55(34-42)31-39-19-21-47(44(27-39)41-29-52-53-30-41)59-25-11-3-9-17-37-13-5-1-6-14-37)61-50(58)43-35-56(36-43)32-40-20-22-48(45(28-40)46-23-24-51-54-46)60-26-12-4-10-18-38-15-7-2-8-16-38/h1-2,5-8,13-16,19-24,27-30,42-43H,3-4,9-12,17-18,25-26,31-36H2,(H,51,54)(H,52,53). The van der Waals surface area contributed by atoms with Crippen LogP contribution in [0, 0.1) is 11.8 Å². The van der Waals surface area contributed by atoms with Gasteiger partial charge >= 0.3 is 11.9 Å². The second-order valence-electron chi connectivity index (χ2n) is 16.4. The van der Waals surface area contributed by atoms with Crippen LogP contribution in [0.15, 0.2) is 122 Å². The van der Waals surface area contributed by atoms with Crippen LogP contribution in [0.5, 0.6) is 11.5 Å². The topological polar surface area (TPSA) is 126 Å². The van der Waals surface area contributed by atoms with Gasteiger partial charge in [0.25, 0.3) is 0 Å². The van der Waals surface area contributed by atoms with Crippen LogP contribution in [-0.4, -0.2) is 81.5 Å². The van der Waals surface area contributed by atoms with Crippen LogP contribution in [-0.2, 0) is 40.3 Å². The van der Waals surface area contributed by atoms with Crippen LogP contribution in [0.3, 0.4) is 0 Å². The molecule has 0 atom stereocenters. The van der Waals surface area contributed by atoms with Crippen molar-refractivity contribution in [3.05, 3.63) is 144 Å². The zero-order valence-electron chi connectivity index (χ0n) is 34.8. The summed E-state index contributed by atoms with van der Waals surface area (Å²) >= 11 is 0. The predicted molar refractivity (Wildman–Crippen MR) is 236 cm³/mol. The number of likely N-dealkylation sites (tertiary alicyclic amines) is 2. The van der Waals surface area contributed by atoms with Crippen LogP contribution >= 0.6 is 0 Å². The third kappa shape index (κ3) is 11.6. The molecule has 4 heterocycles. The molecule has 2 fully saturated rings. The number of ether oxygens (including phenoxy) is 3. The first-order valence-electron chi connectivity index (χ1n) is 21.8. The molecule has 2 N–H and O–H groups in total. The zero-order chi connectivity index (χ0) is 41.6. The van der Waals surface area contributed by atoms with Crippen LogP contribution < -0.4 is 9.47 Å². The lowest BCUT2D eigenvalue weighted by Gasteiger charge is -2.39. The largest absolute Gasteiger partial charge is 0.493 e. The monoisotopic (exact) mass is 820 g/mol. The second kappa shape index (κ2) is 21.0. The van der Waals surface area contributed by atoms with E-state index in [0.717, 1.165) is 96.4 Å². The summed E-state index contributed by atoms with van der Waals surface area (Å²) in [7, 11) is 0. The number of aryl methyl sites for hydroxylation is 2. The Hall–Kier alpha value is -6.04. The Morgan fingerprint density at radius 3 is 1.64 bits per heavy atom. The molecule has 0 bridgehead atoms. The number of hydrogen-bond acceptors (Lipinski definition) is 9. The van der Waals surface area contributed by atoms with Gasteiger partial charge in [0.1, 0.15) is 11.5 Å². The van der Waals surface area contributed by atoms with Gasteiger partial charge in [0, 0.05) is 68.4 Å². The summed E-state index contributed by atoms with van der Waals surface area (Å²) in [4.78, 5) is 30.4. The Kier molecular flexibility index (Phi) is 14.3. The van der Waals surface area contributed by atoms with Gasteiger partial charge in [-0.05, 0) is 104 Å². The number of esters is 2. The molecule has 2 aromatic heterocycles. The molecule has 11 heteroatoms. The molecule has 61 heavy (non-hydrogen) atoms. The number of nitrogens with one attached hydrogen (secondary N) is 2. The fourth-order valence-corrected chi connectivity index (χ4v) is 8.19. The van der Waals surface area contributed by atoms with E-state index in [0.29, 0.717) is 52.5 Å². The number of carbonyl (C=O) groups excluding carboxylic acids is 2. The minimum absolute atomic E-state index is 0.311. The molecular weight excluding hydrogens is 765 g/mol. The highest BCUT2D eigenvalue weighted by Gasteiger charge is 2.39. The van der Waals surface area contributed by atoms with Crippen molar-refractivity contribution >= 4 is 11.9 Å². The van der Waals surface area contributed by atoms with Crippen LogP contribution in [0.1, 0.15) is 60.8 Å². The first kappa shape index (κ1) is 41.7. The highest BCUT2D eigenvalue weighted by atomic mass is 16.6. The molecule has 316 valence electrons. The van der Waals surface area contributed by atoms with Crippen LogP contribution in [0.25, 0.3) is 22.4 Å². The number of nitrogens with zero attached hydrogens (tertiary/aromatic N) is 4. The third-order valence-electron chi connectivity index (χ3n) is 11.7. The fraction of sp³-hybridized carbons (Fsp3) is 0.360. The first-order chi connectivity index (χ1) is 30.0. The Morgan fingerprint density at radius 1 is 0.590 bits per heavy atom. The number of aromatic amines is 2. The maximum Gasteiger partial charge on any atom is 0.319 e. The van der Waals surface area contributed by atoms with Gasteiger partial charge in [-0.15, -0.1) is 0 Å². The van der Waals surface area contributed by atoms with Gasteiger partial charge in [0.15, 0.2) is 0 Å². The molecule has 0 radical (unpaired) electrons. The Morgan fingerprint density at radius 2 is 1.13 bits per heavy atom. The molecule has 0 saturated carbocycles. The van der Waals surface area contributed by atoms with E-state index in [4.69, 9.17) is 14.2 Å². The molecule has 0 amide bonds. The van der Waals surface area contributed by atoms with Crippen molar-refractivity contribution in [2.75, 3.05) is 39.4 Å². The van der Waals surface area contributed by atoms with E-state index in [2.05, 4.69) is 115 Å². The van der Waals surface area contributed by atoms with E-state index < -0.39 is 11.9 Å². The highest BCUT2D eigenvalue weighted by molar-refractivity contribution is 5.89. The molecule has 0 unspecified atom stereocenters. The number of hydrogen-bond donors (Lipinski definition) is 2. The molecule has 2 aliphatic rings. The molecule has 2 aliphatic heterocycles. The summed E-state index contributed by atoms with van der Waals surface area (Å²) in [6, 6.07) is 35.6. The lowest BCUT2D eigenvalue weighted by molar-refractivity contribution is -0.172. The molecule has 0 aliphatic carbocycles. The van der Waals surface area contributed by atoms with E-state index in [1.807, 2.05) is 30.6 Å². The summed E-state index contributed by atoms with van der Waals surface area (Å²) in [5, 5.41) is 14.3. The average molecular weight is 821 g/mol. The van der Waals surface area contributed by atoms with Gasteiger partial charge in [-0.2, -0.15) is 10.2 Å². The second-order valence-corrected chi connectivity index (χ2v) is 16.4. The van der Waals surface area contributed by atoms with Gasteiger partial charge in [0.2, 0.25) is 0 Å². The molecule has 11 nitrogen and oxygen atoms in total. The summed E-state index contributed by atoms with van der Waals surface area (Å²) < 4.78 is 17.9. The van der Waals surface area contributed by atoms with Gasteiger partial charge in [-0.1, -0.05) is 72.8 Å². The highest BCUT2D eigenvalue weighted by Crippen LogP contribution is 2.34. The fourth-order valence-electron chi connectivity index (χ4n) is 8.19. The normalized spacial score (nSPS) is 14.6. The van der Waals surface area contributed by atoms with E-state index in [1.54, 1.807) is 6.20 Å². The Balaban J connectivity index is 0.743. The molecule has 6 aromatic rings. The van der Waals surface area contributed by atoms with Crippen molar-refractivity contribution in [1.29, 1.82) is 0 Å². The number of benzene rings is 4. The number of H-pyrrole nitrogens is 2. The Labute approximate surface area is 358 Å². The lowest BCUT2D eigenvalue weighted by atomic mass is 9.97. The molecule has 2 saturated heterocycles. The Bertz CT molecular complexity index is 2110. The van der Waals surface area contributed by atoms with Crippen molar-refractivity contribution in [3.63, 3.8) is 0 Å². The molecular formula is C50H56N6O5. The summed E-state index contributed by atoms with van der Waals surface area (Å²) in [6.07, 6.45) is 14.0.